The molecule has 4 heteroatoms. The van der Waals surface area contributed by atoms with E-state index in [1.807, 2.05) is 38.1 Å². The van der Waals surface area contributed by atoms with Crippen molar-refractivity contribution in [3.8, 4) is 0 Å². The van der Waals surface area contributed by atoms with E-state index in [1.54, 1.807) is 0 Å². The summed E-state index contributed by atoms with van der Waals surface area (Å²) in [6, 6.07) is 7.77. The minimum absolute atomic E-state index is 0.0428. The third kappa shape index (κ3) is 2.99. The summed E-state index contributed by atoms with van der Waals surface area (Å²) < 4.78 is 0. The molecule has 1 atom stereocenters. The average Bonchev–Trinajstić information content (AvgIpc) is 3.29. The molecule has 1 aliphatic carbocycles. The number of pyridine rings is 1. The predicted molar refractivity (Wildman–Crippen MR) is 83.0 cm³/mol. The van der Waals surface area contributed by atoms with E-state index < -0.39 is 0 Å². The number of carbonyl (C=O) groups is 1. The van der Waals surface area contributed by atoms with Crippen LogP contribution < -0.4 is 10.9 Å². The second-order valence-electron chi connectivity index (χ2n) is 6.06. The quantitative estimate of drug-likeness (QED) is 0.906. The fraction of sp³-hybridized carbons (Fsp3) is 0.412. The van der Waals surface area contributed by atoms with Gasteiger partial charge >= 0.3 is 0 Å². The van der Waals surface area contributed by atoms with Crippen molar-refractivity contribution in [3.05, 3.63) is 45.7 Å². The van der Waals surface area contributed by atoms with Crippen molar-refractivity contribution < 1.29 is 4.79 Å². The van der Waals surface area contributed by atoms with Crippen LogP contribution in [0.5, 0.6) is 0 Å². The molecule has 0 spiro atoms. The van der Waals surface area contributed by atoms with Gasteiger partial charge in [0.25, 0.3) is 5.56 Å². The van der Waals surface area contributed by atoms with Gasteiger partial charge in [0.1, 0.15) is 0 Å². The first kappa shape index (κ1) is 13.9. The van der Waals surface area contributed by atoms with Gasteiger partial charge in [-0.05, 0) is 49.3 Å². The number of aromatic nitrogens is 1. The molecule has 1 heterocycles. The highest BCUT2D eigenvalue weighted by molar-refractivity contribution is 5.80. The zero-order valence-electron chi connectivity index (χ0n) is 12.4. The fourth-order valence-electron chi connectivity index (χ4n) is 2.66. The highest BCUT2D eigenvalue weighted by Gasteiger charge is 2.32. The van der Waals surface area contributed by atoms with Gasteiger partial charge in [0.15, 0.2) is 0 Å². The molecule has 1 amide bonds. The maximum atomic E-state index is 12.0. The van der Waals surface area contributed by atoms with Crippen molar-refractivity contribution in [2.24, 2.45) is 11.8 Å². The van der Waals surface area contributed by atoms with Crippen molar-refractivity contribution in [1.29, 1.82) is 0 Å². The molecule has 0 saturated heterocycles. The van der Waals surface area contributed by atoms with Crippen molar-refractivity contribution in [1.82, 2.24) is 10.3 Å². The Balaban J connectivity index is 1.78. The summed E-state index contributed by atoms with van der Waals surface area (Å²) in [7, 11) is 0. The predicted octanol–water partition coefficient (Wildman–Crippen LogP) is 2.50. The number of amides is 1. The lowest BCUT2D eigenvalue weighted by atomic mass is 10.1. The number of rotatable bonds is 4. The largest absolute Gasteiger partial charge is 0.352 e. The first-order chi connectivity index (χ1) is 10.0. The number of aryl methyl sites for hydroxylation is 1. The Hall–Kier alpha value is -2.10. The van der Waals surface area contributed by atoms with Crippen LogP contribution in [-0.2, 0) is 11.3 Å². The van der Waals surface area contributed by atoms with Gasteiger partial charge < -0.3 is 10.3 Å². The Bertz CT molecular complexity index is 744. The highest BCUT2D eigenvalue weighted by atomic mass is 16.2. The van der Waals surface area contributed by atoms with Crippen LogP contribution in [0.25, 0.3) is 10.9 Å². The van der Waals surface area contributed by atoms with Crippen LogP contribution in [-0.4, -0.2) is 10.9 Å². The topological polar surface area (TPSA) is 62.0 Å². The fourth-order valence-corrected chi connectivity index (χ4v) is 2.66. The van der Waals surface area contributed by atoms with Crippen molar-refractivity contribution in [3.63, 3.8) is 0 Å². The zero-order valence-corrected chi connectivity index (χ0v) is 12.4. The zero-order chi connectivity index (χ0) is 15.0. The number of carbonyl (C=O) groups excluding carboxylic acids is 1. The van der Waals surface area contributed by atoms with E-state index in [-0.39, 0.29) is 23.9 Å². The van der Waals surface area contributed by atoms with Gasteiger partial charge in [-0.15, -0.1) is 0 Å². The lowest BCUT2D eigenvalue weighted by Gasteiger charge is -2.11. The van der Waals surface area contributed by atoms with Crippen LogP contribution in [0.15, 0.2) is 29.1 Å². The second kappa shape index (κ2) is 5.35. The minimum Gasteiger partial charge on any atom is -0.352 e. The summed E-state index contributed by atoms with van der Waals surface area (Å²) >= 11 is 0. The summed E-state index contributed by atoms with van der Waals surface area (Å²) in [6.07, 6.45) is 2.29. The number of aromatic amines is 1. The Morgan fingerprint density at radius 1 is 1.38 bits per heavy atom. The monoisotopic (exact) mass is 284 g/mol. The number of hydrogen-bond acceptors (Lipinski definition) is 2. The summed E-state index contributed by atoms with van der Waals surface area (Å²) in [5.74, 6) is 0.621. The normalized spacial score (nSPS) is 15.9. The number of benzene rings is 1. The number of H-pyrrole nitrogens is 1. The molecule has 0 aliphatic heterocycles. The molecule has 110 valence electrons. The minimum atomic E-state index is -0.134. The van der Waals surface area contributed by atoms with E-state index in [0.29, 0.717) is 11.5 Å². The molecular weight excluding hydrogens is 264 g/mol. The van der Waals surface area contributed by atoms with Gasteiger partial charge in [0, 0.05) is 23.5 Å². The van der Waals surface area contributed by atoms with Gasteiger partial charge in [-0.1, -0.05) is 18.6 Å². The highest BCUT2D eigenvalue weighted by Crippen LogP contribution is 2.36. The van der Waals surface area contributed by atoms with Crippen LogP contribution in [0, 0.1) is 18.8 Å². The van der Waals surface area contributed by atoms with E-state index >= 15 is 0 Å². The molecule has 0 radical (unpaired) electrons. The van der Waals surface area contributed by atoms with E-state index in [9.17, 15) is 9.59 Å². The number of fused-ring (bicyclic) bond motifs is 1. The summed E-state index contributed by atoms with van der Waals surface area (Å²) in [6.45, 7) is 4.26. The van der Waals surface area contributed by atoms with Gasteiger partial charge in [-0.25, -0.2) is 0 Å². The Morgan fingerprint density at radius 3 is 2.86 bits per heavy atom. The first-order valence-electron chi connectivity index (χ1n) is 7.45. The lowest BCUT2D eigenvalue weighted by molar-refractivity contribution is -0.125. The maximum absolute atomic E-state index is 12.0. The van der Waals surface area contributed by atoms with Gasteiger partial charge in [0.05, 0.1) is 0 Å². The molecule has 2 aromatic rings. The van der Waals surface area contributed by atoms with Gasteiger partial charge in [0.2, 0.25) is 5.91 Å². The molecule has 21 heavy (non-hydrogen) atoms. The molecule has 4 nitrogen and oxygen atoms in total. The van der Waals surface area contributed by atoms with Crippen LogP contribution >= 0.6 is 0 Å². The Labute approximate surface area is 123 Å². The molecule has 1 unspecified atom stereocenters. The molecule has 0 bridgehead atoms. The molecule has 2 N–H and O–H groups in total. The second-order valence-corrected chi connectivity index (χ2v) is 6.06. The summed E-state index contributed by atoms with van der Waals surface area (Å²) in [5, 5.41) is 3.88. The standard InChI is InChI=1S/C17H20N2O2/c1-10-3-6-15-13(7-10)8-14(17(21)19-15)9-18-16(20)11(2)12-4-5-12/h3,6-8,11-12H,4-5,9H2,1-2H3,(H,18,20)(H,19,21). The van der Waals surface area contributed by atoms with Crippen LogP contribution in [0.4, 0.5) is 0 Å². The molecule has 1 aliphatic rings. The third-order valence-corrected chi connectivity index (χ3v) is 4.27. The van der Waals surface area contributed by atoms with Crippen LogP contribution in [0.2, 0.25) is 0 Å². The van der Waals surface area contributed by atoms with Crippen LogP contribution in [0.3, 0.4) is 0 Å². The molecule has 3 rings (SSSR count). The summed E-state index contributed by atoms with van der Waals surface area (Å²) in [4.78, 5) is 26.9. The van der Waals surface area contributed by atoms with Crippen molar-refractivity contribution >= 4 is 16.8 Å². The van der Waals surface area contributed by atoms with Gasteiger partial charge in [-0.3, -0.25) is 9.59 Å². The van der Waals surface area contributed by atoms with Crippen molar-refractivity contribution in [2.45, 2.75) is 33.2 Å². The SMILES string of the molecule is Cc1ccc2[nH]c(=O)c(CNC(=O)C(C)C3CC3)cc2c1. The Morgan fingerprint density at radius 2 is 2.14 bits per heavy atom. The number of nitrogens with one attached hydrogen (secondary N) is 2. The maximum Gasteiger partial charge on any atom is 0.253 e. The van der Waals surface area contributed by atoms with E-state index in [4.69, 9.17) is 0 Å². The van der Waals surface area contributed by atoms with Crippen LogP contribution in [0.1, 0.15) is 30.9 Å². The van der Waals surface area contributed by atoms with Gasteiger partial charge in [-0.2, -0.15) is 0 Å². The first-order valence-corrected chi connectivity index (χ1v) is 7.45. The molecule has 1 saturated carbocycles. The lowest BCUT2D eigenvalue weighted by Crippen LogP contribution is -2.31. The third-order valence-electron chi connectivity index (χ3n) is 4.27. The average molecular weight is 284 g/mol. The van der Waals surface area contributed by atoms with E-state index in [2.05, 4.69) is 10.3 Å². The molecule has 1 aromatic carbocycles. The Kier molecular flexibility index (Phi) is 3.53. The molecule has 1 fully saturated rings. The molecule has 1 aromatic heterocycles. The van der Waals surface area contributed by atoms with E-state index in [1.165, 1.54) is 0 Å². The molecular formula is C17H20N2O2. The smallest absolute Gasteiger partial charge is 0.253 e. The summed E-state index contributed by atoms with van der Waals surface area (Å²) in [5.41, 5.74) is 2.44. The van der Waals surface area contributed by atoms with E-state index in [0.717, 1.165) is 29.3 Å². The number of hydrogen-bond donors (Lipinski definition) is 2. The van der Waals surface area contributed by atoms with Crippen molar-refractivity contribution in [2.75, 3.05) is 0 Å².